The van der Waals surface area contributed by atoms with Crippen molar-refractivity contribution in [1.29, 1.82) is 0 Å². The number of carbonyl (C=O) groups is 2. The van der Waals surface area contributed by atoms with E-state index in [-0.39, 0.29) is 0 Å². The molecule has 0 aliphatic rings. The van der Waals surface area contributed by atoms with E-state index in [1.54, 1.807) is 31.6 Å². The Labute approximate surface area is 106 Å². The molecule has 6 heteroatoms. The molecular formula is C12H19N3O3. The van der Waals surface area contributed by atoms with Crippen LogP contribution in [0.2, 0.25) is 0 Å². The summed E-state index contributed by atoms with van der Waals surface area (Å²) in [5.74, 6) is -2.74. The van der Waals surface area contributed by atoms with Crippen LogP contribution in [-0.2, 0) is 16.1 Å². The zero-order valence-corrected chi connectivity index (χ0v) is 11.1. The lowest BCUT2D eigenvalue weighted by molar-refractivity contribution is -0.149. The first-order chi connectivity index (χ1) is 8.25. The molecule has 100 valence electrons. The molecule has 1 unspecified atom stereocenters. The van der Waals surface area contributed by atoms with Crippen molar-refractivity contribution in [2.45, 2.75) is 34.2 Å². The van der Waals surface area contributed by atoms with Gasteiger partial charge in [0.1, 0.15) is 5.92 Å². The fourth-order valence-corrected chi connectivity index (χ4v) is 1.69. The number of hydrogen-bond donors (Lipinski definition) is 2. The Morgan fingerprint density at radius 3 is 2.50 bits per heavy atom. The zero-order valence-electron chi connectivity index (χ0n) is 11.1. The number of anilines is 1. The Hall–Kier alpha value is -1.85. The van der Waals surface area contributed by atoms with Crippen molar-refractivity contribution < 1.29 is 14.7 Å². The predicted molar refractivity (Wildman–Crippen MR) is 67.1 cm³/mol. The first kappa shape index (κ1) is 14.2. The van der Waals surface area contributed by atoms with E-state index in [0.29, 0.717) is 12.2 Å². The topological polar surface area (TPSA) is 84.2 Å². The molecule has 2 N–H and O–H groups in total. The maximum Gasteiger partial charge on any atom is 0.316 e. The smallest absolute Gasteiger partial charge is 0.316 e. The Kier molecular flexibility index (Phi) is 4.11. The normalized spacial score (nSPS) is 13.1. The van der Waals surface area contributed by atoms with Gasteiger partial charge < -0.3 is 10.4 Å². The first-order valence-corrected chi connectivity index (χ1v) is 5.81. The molecule has 1 atom stereocenters. The van der Waals surface area contributed by atoms with Crippen LogP contribution < -0.4 is 5.32 Å². The molecule has 0 radical (unpaired) electrons. The van der Waals surface area contributed by atoms with Crippen molar-refractivity contribution in [2.75, 3.05) is 5.32 Å². The molecule has 1 aromatic heterocycles. The van der Waals surface area contributed by atoms with Gasteiger partial charge in [0.25, 0.3) is 0 Å². The summed E-state index contributed by atoms with van der Waals surface area (Å²) in [4.78, 5) is 23.1. The Bertz CT molecular complexity index is 446. The van der Waals surface area contributed by atoms with Crippen LogP contribution in [-0.4, -0.2) is 26.8 Å². The van der Waals surface area contributed by atoms with E-state index in [2.05, 4.69) is 10.4 Å². The predicted octanol–water partition coefficient (Wildman–Crippen LogP) is 1.59. The van der Waals surface area contributed by atoms with Crippen LogP contribution in [0, 0.1) is 11.3 Å². The van der Waals surface area contributed by atoms with E-state index in [9.17, 15) is 9.59 Å². The second kappa shape index (κ2) is 5.20. The van der Waals surface area contributed by atoms with Crippen LogP contribution >= 0.6 is 0 Å². The molecule has 0 spiro atoms. The van der Waals surface area contributed by atoms with Crippen LogP contribution in [0.5, 0.6) is 0 Å². The second-order valence-electron chi connectivity index (χ2n) is 5.21. The molecule has 0 saturated heterocycles. The summed E-state index contributed by atoms with van der Waals surface area (Å²) in [7, 11) is 0. The molecule has 0 aliphatic heterocycles. The molecule has 0 aromatic carbocycles. The zero-order chi connectivity index (χ0) is 13.9. The number of aromatic nitrogens is 2. The minimum Gasteiger partial charge on any atom is -0.481 e. The fraction of sp³-hybridized carbons (Fsp3) is 0.583. The molecule has 6 nitrogen and oxygen atoms in total. The largest absolute Gasteiger partial charge is 0.481 e. The van der Waals surface area contributed by atoms with Crippen molar-refractivity contribution >= 4 is 17.6 Å². The van der Waals surface area contributed by atoms with Crippen LogP contribution in [0.1, 0.15) is 27.7 Å². The minimum atomic E-state index is -1.12. The summed E-state index contributed by atoms with van der Waals surface area (Å²) in [5, 5.41) is 15.7. The number of carboxylic acids is 1. The van der Waals surface area contributed by atoms with Gasteiger partial charge in [-0.2, -0.15) is 5.10 Å². The molecule has 0 aliphatic carbocycles. The maximum absolute atomic E-state index is 12.0. The molecule has 0 bridgehead atoms. The molecule has 0 saturated carbocycles. The highest BCUT2D eigenvalue weighted by Gasteiger charge is 2.37. The van der Waals surface area contributed by atoms with Crippen LogP contribution in [0.25, 0.3) is 0 Å². The highest BCUT2D eigenvalue weighted by Crippen LogP contribution is 2.27. The van der Waals surface area contributed by atoms with Gasteiger partial charge in [0.2, 0.25) is 5.91 Å². The van der Waals surface area contributed by atoms with Crippen molar-refractivity contribution in [2.24, 2.45) is 11.3 Å². The third kappa shape index (κ3) is 3.32. The molecule has 1 rings (SSSR count). The SMILES string of the molecule is CCn1cc(NC(=O)C(C(=O)O)C(C)(C)C)cn1. The number of aryl methyl sites for hydroxylation is 1. The van der Waals surface area contributed by atoms with Crippen molar-refractivity contribution in [1.82, 2.24) is 9.78 Å². The Balaban J connectivity index is 2.82. The quantitative estimate of drug-likeness (QED) is 0.798. The van der Waals surface area contributed by atoms with E-state index in [1.807, 2.05) is 6.92 Å². The van der Waals surface area contributed by atoms with Crippen LogP contribution in [0.3, 0.4) is 0 Å². The third-order valence-electron chi connectivity index (χ3n) is 2.60. The monoisotopic (exact) mass is 253 g/mol. The fourth-order valence-electron chi connectivity index (χ4n) is 1.69. The standard InChI is InChI=1S/C12H19N3O3/c1-5-15-7-8(6-13-15)14-10(16)9(11(17)18)12(2,3)4/h6-7,9H,5H2,1-4H3,(H,14,16)(H,17,18). The van der Waals surface area contributed by atoms with Gasteiger partial charge in [0.05, 0.1) is 11.9 Å². The maximum atomic E-state index is 12.0. The lowest BCUT2D eigenvalue weighted by atomic mass is 9.80. The summed E-state index contributed by atoms with van der Waals surface area (Å²) in [6, 6.07) is 0. The molecule has 1 heterocycles. The average molecular weight is 253 g/mol. The Morgan fingerprint density at radius 1 is 1.50 bits per heavy atom. The molecular weight excluding hydrogens is 234 g/mol. The van der Waals surface area contributed by atoms with E-state index in [1.165, 1.54) is 6.20 Å². The van der Waals surface area contributed by atoms with Crippen molar-refractivity contribution in [3.63, 3.8) is 0 Å². The van der Waals surface area contributed by atoms with Crippen LogP contribution in [0.15, 0.2) is 12.4 Å². The molecule has 1 amide bonds. The van der Waals surface area contributed by atoms with Gasteiger partial charge in [-0.25, -0.2) is 0 Å². The lowest BCUT2D eigenvalue weighted by Crippen LogP contribution is -2.39. The van der Waals surface area contributed by atoms with E-state index in [0.717, 1.165) is 0 Å². The first-order valence-electron chi connectivity index (χ1n) is 5.81. The van der Waals surface area contributed by atoms with Gasteiger partial charge in [0, 0.05) is 12.7 Å². The second-order valence-corrected chi connectivity index (χ2v) is 5.21. The summed E-state index contributed by atoms with van der Waals surface area (Å²) < 4.78 is 1.66. The average Bonchev–Trinajstić information content (AvgIpc) is 2.62. The number of carbonyl (C=O) groups excluding carboxylic acids is 1. The number of carboxylic acid groups (broad SMARTS) is 1. The van der Waals surface area contributed by atoms with Gasteiger partial charge in [0.15, 0.2) is 0 Å². The third-order valence-corrected chi connectivity index (χ3v) is 2.60. The van der Waals surface area contributed by atoms with Crippen molar-refractivity contribution in [3.8, 4) is 0 Å². The molecule has 0 fully saturated rings. The van der Waals surface area contributed by atoms with Gasteiger partial charge in [-0.15, -0.1) is 0 Å². The highest BCUT2D eigenvalue weighted by atomic mass is 16.4. The van der Waals surface area contributed by atoms with Gasteiger partial charge in [-0.3, -0.25) is 14.3 Å². The minimum absolute atomic E-state index is 0.511. The van der Waals surface area contributed by atoms with Crippen LogP contribution in [0.4, 0.5) is 5.69 Å². The summed E-state index contributed by atoms with van der Waals surface area (Å²) >= 11 is 0. The number of rotatable bonds is 4. The van der Waals surface area contributed by atoms with E-state index < -0.39 is 23.2 Å². The van der Waals surface area contributed by atoms with Gasteiger partial charge >= 0.3 is 5.97 Å². The summed E-state index contributed by atoms with van der Waals surface area (Å²) in [5.41, 5.74) is -0.131. The van der Waals surface area contributed by atoms with E-state index >= 15 is 0 Å². The van der Waals surface area contributed by atoms with Crippen molar-refractivity contribution in [3.05, 3.63) is 12.4 Å². The summed E-state index contributed by atoms with van der Waals surface area (Å²) in [6.45, 7) is 7.79. The van der Waals surface area contributed by atoms with E-state index in [4.69, 9.17) is 5.11 Å². The number of nitrogens with zero attached hydrogens (tertiary/aromatic N) is 2. The van der Waals surface area contributed by atoms with Gasteiger partial charge in [-0.1, -0.05) is 20.8 Å². The number of nitrogens with one attached hydrogen (secondary N) is 1. The highest BCUT2D eigenvalue weighted by molar-refractivity contribution is 6.04. The summed E-state index contributed by atoms with van der Waals surface area (Å²) in [6.07, 6.45) is 3.17. The lowest BCUT2D eigenvalue weighted by Gasteiger charge is -2.25. The molecule has 18 heavy (non-hydrogen) atoms. The number of hydrogen-bond acceptors (Lipinski definition) is 3. The number of amides is 1. The number of aliphatic carboxylic acids is 1. The Morgan fingerprint density at radius 2 is 2.11 bits per heavy atom. The van der Waals surface area contributed by atoms with Gasteiger partial charge in [-0.05, 0) is 12.3 Å². The molecule has 1 aromatic rings.